The highest BCUT2D eigenvalue weighted by Crippen LogP contribution is 2.00. The molecule has 0 radical (unpaired) electrons. The van der Waals surface area contributed by atoms with Gasteiger partial charge in [-0.3, -0.25) is 0 Å². The smallest absolute Gasteiger partial charge is 0.0826 e. The van der Waals surface area contributed by atoms with Crippen molar-refractivity contribution in [1.29, 1.82) is 0 Å². The van der Waals surface area contributed by atoms with E-state index in [2.05, 4.69) is 24.2 Å². The van der Waals surface area contributed by atoms with Crippen LogP contribution in [-0.2, 0) is 4.74 Å². The molecule has 0 aromatic rings. The summed E-state index contributed by atoms with van der Waals surface area (Å²) in [4.78, 5) is 2.31. The van der Waals surface area contributed by atoms with Gasteiger partial charge in [-0.05, 0) is 13.6 Å². The molecule has 1 aliphatic rings. The van der Waals surface area contributed by atoms with E-state index < -0.39 is 0 Å². The van der Waals surface area contributed by atoms with Crippen LogP contribution >= 0.6 is 0 Å². The summed E-state index contributed by atoms with van der Waals surface area (Å²) in [7, 11) is 2.14. The van der Waals surface area contributed by atoms with Crippen LogP contribution in [0.1, 0.15) is 6.92 Å². The largest absolute Gasteiger partial charge is 0.374 e. The first kappa shape index (κ1) is 8.97. The molecule has 0 spiro atoms. The quantitative estimate of drug-likeness (QED) is 0.622. The maximum atomic E-state index is 5.55. The topological polar surface area (TPSA) is 24.5 Å². The SMILES string of the molecule is CCNC[C@H]1CN(C)CCO1. The summed E-state index contributed by atoms with van der Waals surface area (Å²) in [6, 6.07) is 0. The van der Waals surface area contributed by atoms with Crippen molar-refractivity contribution in [2.24, 2.45) is 0 Å². The molecule has 1 heterocycles. The fourth-order valence-electron chi connectivity index (χ4n) is 1.30. The lowest BCUT2D eigenvalue weighted by Crippen LogP contribution is -2.44. The zero-order valence-electron chi connectivity index (χ0n) is 7.47. The molecule has 66 valence electrons. The summed E-state index contributed by atoms with van der Waals surface area (Å²) >= 11 is 0. The average molecular weight is 158 g/mol. The van der Waals surface area contributed by atoms with Gasteiger partial charge in [0.15, 0.2) is 0 Å². The Bertz CT molecular complexity index is 108. The summed E-state index contributed by atoms with van der Waals surface area (Å²) in [5.74, 6) is 0. The second kappa shape index (κ2) is 4.70. The molecule has 0 aliphatic carbocycles. The normalized spacial score (nSPS) is 27.3. The zero-order valence-corrected chi connectivity index (χ0v) is 7.47. The van der Waals surface area contributed by atoms with Crippen molar-refractivity contribution in [3.05, 3.63) is 0 Å². The minimum Gasteiger partial charge on any atom is -0.374 e. The van der Waals surface area contributed by atoms with Crippen LogP contribution < -0.4 is 5.32 Å². The fourth-order valence-corrected chi connectivity index (χ4v) is 1.30. The average Bonchev–Trinajstić information content (AvgIpc) is 2.01. The zero-order chi connectivity index (χ0) is 8.10. The lowest BCUT2D eigenvalue weighted by Gasteiger charge is -2.30. The number of hydrogen-bond donors (Lipinski definition) is 1. The van der Waals surface area contributed by atoms with Crippen molar-refractivity contribution in [2.75, 3.05) is 39.8 Å². The van der Waals surface area contributed by atoms with Crippen molar-refractivity contribution in [1.82, 2.24) is 10.2 Å². The molecule has 0 amide bonds. The van der Waals surface area contributed by atoms with Gasteiger partial charge in [0, 0.05) is 19.6 Å². The predicted molar refractivity (Wildman–Crippen MR) is 45.8 cm³/mol. The second-order valence-electron chi connectivity index (χ2n) is 3.06. The van der Waals surface area contributed by atoms with Crippen LogP contribution in [0.5, 0.6) is 0 Å². The van der Waals surface area contributed by atoms with Crippen molar-refractivity contribution in [2.45, 2.75) is 13.0 Å². The summed E-state index contributed by atoms with van der Waals surface area (Å²) in [6.07, 6.45) is 0.397. The molecule has 1 fully saturated rings. The number of likely N-dealkylation sites (N-methyl/N-ethyl adjacent to an activating group) is 2. The highest BCUT2D eigenvalue weighted by molar-refractivity contribution is 4.70. The van der Waals surface area contributed by atoms with Gasteiger partial charge in [0.2, 0.25) is 0 Å². The highest BCUT2D eigenvalue weighted by atomic mass is 16.5. The Labute approximate surface area is 68.7 Å². The Balaban J connectivity index is 2.12. The maximum Gasteiger partial charge on any atom is 0.0826 e. The van der Waals surface area contributed by atoms with Crippen LogP contribution in [0.4, 0.5) is 0 Å². The molecule has 0 aromatic heterocycles. The molecule has 0 saturated carbocycles. The Morgan fingerprint density at radius 3 is 3.09 bits per heavy atom. The van der Waals surface area contributed by atoms with Crippen molar-refractivity contribution in [3.63, 3.8) is 0 Å². The molecule has 0 unspecified atom stereocenters. The molecule has 0 bridgehead atoms. The van der Waals surface area contributed by atoms with E-state index in [1.54, 1.807) is 0 Å². The van der Waals surface area contributed by atoms with Crippen molar-refractivity contribution < 1.29 is 4.74 Å². The number of morpholine rings is 1. The first-order chi connectivity index (χ1) is 5.33. The van der Waals surface area contributed by atoms with Gasteiger partial charge >= 0.3 is 0 Å². The summed E-state index contributed by atoms with van der Waals surface area (Å²) in [6.45, 7) is 7.15. The van der Waals surface area contributed by atoms with Gasteiger partial charge in [0.25, 0.3) is 0 Å². The summed E-state index contributed by atoms with van der Waals surface area (Å²) < 4.78 is 5.55. The maximum absolute atomic E-state index is 5.55. The lowest BCUT2D eigenvalue weighted by molar-refractivity contribution is -0.0178. The van der Waals surface area contributed by atoms with E-state index in [1.165, 1.54) is 0 Å². The minimum absolute atomic E-state index is 0.397. The van der Waals surface area contributed by atoms with Gasteiger partial charge in [-0.15, -0.1) is 0 Å². The molecule has 1 rings (SSSR count). The molecule has 3 nitrogen and oxygen atoms in total. The number of hydrogen-bond acceptors (Lipinski definition) is 3. The molecular formula is C8H18N2O. The Kier molecular flexibility index (Phi) is 3.83. The number of ether oxygens (including phenoxy) is 1. The van der Waals surface area contributed by atoms with E-state index in [4.69, 9.17) is 4.74 Å². The number of nitrogens with zero attached hydrogens (tertiary/aromatic N) is 1. The molecule has 3 heteroatoms. The number of rotatable bonds is 3. The van der Waals surface area contributed by atoms with E-state index in [1.807, 2.05) is 0 Å². The Morgan fingerprint density at radius 2 is 2.45 bits per heavy atom. The minimum atomic E-state index is 0.397. The van der Waals surface area contributed by atoms with Gasteiger partial charge in [-0.1, -0.05) is 6.92 Å². The van der Waals surface area contributed by atoms with Crippen LogP contribution in [0.3, 0.4) is 0 Å². The standard InChI is InChI=1S/C8H18N2O/c1-3-9-6-8-7-10(2)4-5-11-8/h8-9H,3-7H2,1-2H3/t8-/m0/s1. The van der Waals surface area contributed by atoms with E-state index >= 15 is 0 Å². The fraction of sp³-hybridized carbons (Fsp3) is 1.00. The third-order valence-electron chi connectivity index (χ3n) is 1.96. The molecule has 11 heavy (non-hydrogen) atoms. The second-order valence-corrected chi connectivity index (χ2v) is 3.06. The monoisotopic (exact) mass is 158 g/mol. The molecular weight excluding hydrogens is 140 g/mol. The first-order valence-electron chi connectivity index (χ1n) is 4.33. The van der Waals surface area contributed by atoms with Crippen LogP contribution in [0.15, 0.2) is 0 Å². The lowest BCUT2D eigenvalue weighted by atomic mass is 10.3. The van der Waals surface area contributed by atoms with Gasteiger partial charge in [0.05, 0.1) is 12.7 Å². The van der Waals surface area contributed by atoms with Crippen molar-refractivity contribution in [3.8, 4) is 0 Å². The van der Waals surface area contributed by atoms with Gasteiger partial charge in [0.1, 0.15) is 0 Å². The molecule has 1 aliphatic heterocycles. The Hall–Kier alpha value is -0.120. The molecule has 1 atom stereocenters. The van der Waals surface area contributed by atoms with Gasteiger partial charge < -0.3 is 15.0 Å². The third-order valence-corrected chi connectivity index (χ3v) is 1.96. The van der Waals surface area contributed by atoms with Gasteiger partial charge in [-0.25, -0.2) is 0 Å². The summed E-state index contributed by atoms with van der Waals surface area (Å²) in [5, 5.41) is 3.29. The third kappa shape index (κ3) is 3.18. The first-order valence-corrected chi connectivity index (χ1v) is 4.33. The van der Waals surface area contributed by atoms with Crippen LogP contribution in [0, 0.1) is 0 Å². The molecule has 1 saturated heterocycles. The van der Waals surface area contributed by atoms with Crippen molar-refractivity contribution >= 4 is 0 Å². The van der Waals surface area contributed by atoms with Crippen LogP contribution in [-0.4, -0.2) is 50.8 Å². The van der Waals surface area contributed by atoms with Crippen LogP contribution in [0.2, 0.25) is 0 Å². The number of nitrogens with one attached hydrogen (secondary N) is 1. The van der Waals surface area contributed by atoms with E-state index in [9.17, 15) is 0 Å². The van der Waals surface area contributed by atoms with E-state index in [0.717, 1.165) is 32.8 Å². The molecule has 1 N–H and O–H groups in total. The van der Waals surface area contributed by atoms with E-state index in [0.29, 0.717) is 6.10 Å². The highest BCUT2D eigenvalue weighted by Gasteiger charge is 2.16. The Morgan fingerprint density at radius 1 is 1.64 bits per heavy atom. The van der Waals surface area contributed by atoms with Gasteiger partial charge in [-0.2, -0.15) is 0 Å². The van der Waals surface area contributed by atoms with E-state index in [-0.39, 0.29) is 0 Å². The van der Waals surface area contributed by atoms with Crippen LogP contribution in [0.25, 0.3) is 0 Å². The summed E-state index contributed by atoms with van der Waals surface area (Å²) in [5.41, 5.74) is 0. The molecule has 0 aromatic carbocycles. The predicted octanol–water partition coefficient (Wildman–Crippen LogP) is -0.0735.